The third-order valence-electron chi connectivity index (χ3n) is 2.02. The zero-order chi connectivity index (χ0) is 12.9. The molecular weight excluding hydrogens is 233 g/mol. The molecule has 0 saturated heterocycles. The number of hydrogen-bond acceptors (Lipinski definition) is 2. The Kier molecular flexibility index (Phi) is 4.37. The van der Waals surface area contributed by atoms with Gasteiger partial charge in [0, 0.05) is 12.2 Å². The lowest BCUT2D eigenvalue weighted by Gasteiger charge is -2.10. The van der Waals surface area contributed by atoms with Gasteiger partial charge in [-0.3, -0.25) is 4.79 Å². The van der Waals surface area contributed by atoms with E-state index in [2.05, 4.69) is 10.6 Å². The van der Waals surface area contributed by atoms with Gasteiger partial charge in [0.1, 0.15) is 0 Å². The molecule has 6 heteroatoms. The molecule has 2 N–H and O–H groups in total. The van der Waals surface area contributed by atoms with Gasteiger partial charge in [0.15, 0.2) is 0 Å². The Bertz CT molecular complexity index is 391. The molecule has 0 aliphatic carbocycles. The number of hydrogen-bond donors (Lipinski definition) is 2. The minimum absolute atomic E-state index is 0.0465. The number of carbonyl (C=O) groups excluding carboxylic acids is 1. The molecule has 0 fully saturated rings. The number of alkyl halides is 3. The maximum Gasteiger partial charge on any atom is 0.416 e. The number of anilines is 1. The van der Waals surface area contributed by atoms with Gasteiger partial charge in [0.05, 0.1) is 12.1 Å². The molecule has 0 bridgehead atoms. The number of carbonyl (C=O) groups is 1. The van der Waals surface area contributed by atoms with E-state index in [9.17, 15) is 18.0 Å². The Balaban J connectivity index is 2.64. The summed E-state index contributed by atoms with van der Waals surface area (Å²) in [5, 5.41) is 5.17. The summed E-state index contributed by atoms with van der Waals surface area (Å²) in [5.74, 6) is -0.259. The maximum absolute atomic E-state index is 12.4. The zero-order valence-electron chi connectivity index (χ0n) is 9.27. The van der Waals surface area contributed by atoms with Crippen molar-refractivity contribution in [3.8, 4) is 0 Å². The van der Waals surface area contributed by atoms with Gasteiger partial charge < -0.3 is 10.6 Å². The molecule has 1 amide bonds. The van der Waals surface area contributed by atoms with Crippen molar-refractivity contribution in [3.05, 3.63) is 29.8 Å². The van der Waals surface area contributed by atoms with Gasteiger partial charge in [0.2, 0.25) is 5.91 Å². The highest BCUT2D eigenvalue weighted by Gasteiger charge is 2.30. The Morgan fingerprint density at radius 3 is 2.65 bits per heavy atom. The lowest BCUT2D eigenvalue weighted by Crippen LogP contribution is -2.29. The molecular formula is C11H13F3N2O. The molecule has 0 aromatic heterocycles. The molecule has 0 aliphatic heterocycles. The fourth-order valence-corrected chi connectivity index (χ4v) is 1.25. The number of rotatable bonds is 4. The minimum Gasteiger partial charge on any atom is -0.376 e. The smallest absolute Gasteiger partial charge is 0.376 e. The number of amides is 1. The molecule has 0 heterocycles. The van der Waals surface area contributed by atoms with Crippen molar-refractivity contribution in [1.29, 1.82) is 0 Å². The highest BCUT2D eigenvalue weighted by molar-refractivity contribution is 5.80. The van der Waals surface area contributed by atoms with E-state index < -0.39 is 11.7 Å². The van der Waals surface area contributed by atoms with E-state index in [4.69, 9.17) is 0 Å². The predicted molar refractivity (Wildman–Crippen MR) is 58.6 cm³/mol. The molecule has 0 radical (unpaired) electrons. The molecule has 0 unspecified atom stereocenters. The van der Waals surface area contributed by atoms with Crippen molar-refractivity contribution >= 4 is 11.6 Å². The third-order valence-corrected chi connectivity index (χ3v) is 2.02. The Morgan fingerprint density at radius 2 is 2.06 bits per heavy atom. The first-order valence-electron chi connectivity index (χ1n) is 5.11. The van der Waals surface area contributed by atoms with E-state index in [0.717, 1.165) is 12.1 Å². The topological polar surface area (TPSA) is 41.1 Å². The van der Waals surface area contributed by atoms with Crippen LogP contribution in [-0.2, 0) is 11.0 Å². The summed E-state index contributed by atoms with van der Waals surface area (Å²) < 4.78 is 37.1. The molecule has 0 saturated carbocycles. The van der Waals surface area contributed by atoms with Gasteiger partial charge in [-0.05, 0) is 25.1 Å². The lowest BCUT2D eigenvalue weighted by atomic mass is 10.2. The van der Waals surface area contributed by atoms with Crippen LogP contribution in [0.5, 0.6) is 0 Å². The average Bonchev–Trinajstić information content (AvgIpc) is 2.26. The second kappa shape index (κ2) is 5.56. The molecule has 1 rings (SSSR count). The van der Waals surface area contributed by atoms with Crippen molar-refractivity contribution in [3.63, 3.8) is 0 Å². The van der Waals surface area contributed by atoms with Gasteiger partial charge in [-0.15, -0.1) is 0 Å². The van der Waals surface area contributed by atoms with Gasteiger partial charge in [-0.1, -0.05) is 6.07 Å². The van der Waals surface area contributed by atoms with Crippen molar-refractivity contribution in [1.82, 2.24) is 5.32 Å². The van der Waals surface area contributed by atoms with Crippen LogP contribution in [0.15, 0.2) is 24.3 Å². The van der Waals surface area contributed by atoms with Gasteiger partial charge in [-0.2, -0.15) is 13.2 Å². The van der Waals surface area contributed by atoms with E-state index in [0.29, 0.717) is 6.54 Å². The average molecular weight is 246 g/mol. The predicted octanol–water partition coefficient (Wildman–Crippen LogP) is 2.25. The number of benzene rings is 1. The van der Waals surface area contributed by atoms with E-state index in [1.807, 2.05) is 0 Å². The summed E-state index contributed by atoms with van der Waals surface area (Å²) in [5.41, 5.74) is -0.468. The van der Waals surface area contributed by atoms with Gasteiger partial charge >= 0.3 is 6.18 Å². The van der Waals surface area contributed by atoms with Crippen molar-refractivity contribution in [2.45, 2.75) is 13.1 Å². The van der Waals surface area contributed by atoms with Crippen LogP contribution in [-0.4, -0.2) is 19.0 Å². The normalized spacial score (nSPS) is 11.1. The summed E-state index contributed by atoms with van der Waals surface area (Å²) in [6.07, 6.45) is -4.37. The van der Waals surface area contributed by atoms with E-state index in [1.165, 1.54) is 12.1 Å². The highest BCUT2D eigenvalue weighted by atomic mass is 19.4. The second-order valence-electron chi connectivity index (χ2n) is 3.39. The largest absolute Gasteiger partial charge is 0.416 e. The van der Waals surface area contributed by atoms with Crippen LogP contribution in [0, 0.1) is 0 Å². The second-order valence-corrected chi connectivity index (χ2v) is 3.39. The molecule has 17 heavy (non-hydrogen) atoms. The summed E-state index contributed by atoms with van der Waals surface area (Å²) in [4.78, 5) is 11.1. The van der Waals surface area contributed by atoms with Crippen molar-refractivity contribution < 1.29 is 18.0 Å². The van der Waals surface area contributed by atoms with E-state index >= 15 is 0 Å². The molecule has 3 nitrogen and oxygen atoms in total. The maximum atomic E-state index is 12.4. The first-order valence-corrected chi connectivity index (χ1v) is 5.11. The van der Waals surface area contributed by atoms with Crippen LogP contribution in [0.1, 0.15) is 12.5 Å². The van der Waals surface area contributed by atoms with E-state index in [-0.39, 0.29) is 18.1 Å². The molecule has 1 aromatic rings. The summed E-state index contributed by atoms with van der Waals surface area (Å²) in [7, 11) is 0. The fraction of sp³-hybridized carbons (Fsp3) is 0.364. The number of likely N-dealkylation sites (N-methyl/N-ethyl adjacent to an activating group) is 1. The SMILES string of the molecule is CCNC(=O)CNc1cccc(C(F)(F)F)c1. The summed E-state index contributed by atoms with van der Waals surface area (Å²) in [6, 6.07) is 4.73. The standard InChI is InChI=1S/C11H13F3N2O/c1-2-15-10(17)7-16-9-5-3-4-8(6-9)11(12,13)14/h3-6,16H,2,7H2,1H3,(H,15,17). The minimum atomic E-state index is -4.37. The van der Waals surface area contributed by atoms with Crippen LogP contribution < -0.4 is 10.6 Å². The summed E-state index contributed by atoms with van der Waals surface area (Å²) in [6.45, 7) is 2.21. The lowest BCUT2D eigenvalue weighted by molar-refractivity contribution is -0.137. The van der Waals surface area contributed by atoms with Crippen LogP contribution in [0.3, 0.4) is 0 Å². The van der Waals surface area contributed by atoms with Crippen LogP contribution in [0.4, 0.5) is 18.9 Å². The number of nitrogens with one attached hydrogen (secondary N) is 2. The first-order chi connectivity index (χ1) is 7.93. The molecule has 0 aliphatic rings. The first kappa shape index (κ1) is 13.3. The third kappa shape index (κ3) is 4.34. The van der Waals surface area contributed by atoms with Crippen molar-refractivity contribution in [2.75, 3.05) is 18.4 Å². The number of halogens is 3. The van der Waals surface area contributed by atoms with Gasteiger partial charge in [-0.25, -0.2) is 0 Å². The zero-order valence-corrected chi connectivity index (χ0v) is 9.27. The summed E-state index contributed by atoms with van der Waals surface area (Å²) >= 11 is 0. The molecule has 1 aromatic carbocycles. The Hall–Kier alpha value is -1.72. The monoisotopic (exact) mass is 246 g/mol. The molecule has 94 valence electrons. The van der Waals surface area contributed by atoms with E-state index in [1.54, 1.807) is 6.92 Å². The van der Waals surface area contributed by atoms with Crippen LogP contribution in [0.25, 0.3) is 0 Å². The highest BCUT2D eigenvalue weighted by Crippen LogP contribution is 2.30. The van der Waals surface area contributed by atoms with Crippen molar-refractivity contribution in [2.24, 2.45) is 0 Å². The quantitative estimate of drug-likeness (QED) is 0.855. The fourth-order valence-electron chi connectivity index (χ4n) is 1.25. The van der Waals surface area contributed by atoms with Crippen LogP contribution >= 0.6 is 0 Å². The molecule has 0 spiro atoms. The Labute approximate surface area is 97.0 Å². The van der Waals surface area contributed by atoms with Crippen LogP contribution in [0.2, 0.25) is 0 Å². The molecule has 0 atom stereocenters. The Morgan fingerprint density at radius 1 is 1.35 bits per heavy atom. The van der Waals surface area contributed by atoms with Gasteiger partial charge in [0.25, 0.3) is 0 Å².